The Balaban J connectivity index is 2.56. The third-order valence-corrected chi connectivity index (χ3v) is 3.79. The summed E-state index contributed by atoms with van der Waals surface area (Å²) in [5, 5.41) is 11.1. The Morgan fingerprint density at radius 1 is 1.33 bits per heavy atom. The van der Waals surface area contributed by atoms with Crippen molar-refractivity contribution >= 4 is 22.5 Å². The van der Waals surface area contributed by atoms with Crippen molar-refractivity contribution in [3.8, 4) is 0 Å². The fraction of sp³-hybridized carbons (Fsp3) is 0.467. The van der Waals surface area contributed by atoms with Crippen LogP contribution in [0.5, 0.6) is 0 Å². The quantitative estimate of drug-likeness (QED) is 0.870. The predicted octanol–water partition coefficient (Wildman–Crippen LogP) is 3.94. The molecule has 0 radical (unpaired) electrons. The Labute approximate surface area is 113 Å². The number of aliphatic hydroxyl groups excluding tert-OH is 1. The summed E-state index contributed by atoms with van der Waals surface area (Å²) < 4.78 is 2.29. The second kappa shape index (κ2) is 5.77. The number of aryl methyl sites for hydroxylation is 3. The van der Waals surface area contributed by atoms with Gasteiger partial charge in [-0.1, -0.05) is 24.6 Å². The van der Waals surface area contributed by atoms with Gasteiger partial charge in [0.15, 0.2) is 0 Å². The molecule has 18 heavy (non-hydrogen) atoms. The third-order valence-electron chi connectivity index (χ3n) is 3.38. The van der Waals surface area contributed by atoms with Crippen LogP contribution in [0.2, 0.25) is 5.02 Å². The highest BCUT2D eigenvalue weighted by atomic mass is 35.5. The normalized spacial score (nSPS) is 11.3. The Hall–Kier alpha value is -0.990. The SMILES string of the molecule is CCCn1cc(CCCO)c2ccc(Cl)c(C)c21. The number of benzene rings is 1. The van der Waals surface area contributed by atoms with E-state index < -0.39 is 0 Å². The third kappa shape index (κ3) is 2.40. The molecule has 0 saturated heterocycles. The molecule has 2 rings (SSSR count). The van der Waals surface area contributed by atoms with Crippen LogP contribution >= 0.6 is 11.6 Å². The number of aliphatic hydroxyl groups is 1. The smallest absolute Gasteiger partial charge is 0.0527 e. The maximum absolute atomic E-state index is 8.98. The summed E-state index contributed by atoms with van der Waals surface area (Å²) in [5.41, 5.74) is 3.71. The molecule has 0 amide bonds. The summed E-state index contributed by atoms with van der Waals surface area (Å²) >= 11 is 6.22. The lowest BCUT2D eigenvalue weighted by molar-refractivity contribution is 0.288. The molecule has 1 N–H and O–H groups in total. The zero-order chi connectivity index (χ0) is 13.1. The Bertz CT molecular complexity index is 545. The number of rotatable bonds is 5. The zero-order valence-corrected chi connectivity index (χ0v) is 11.8. The summed E-state index contributed by atoms with van der Waals surface area (Å²) in [7, 11) is 0. The second-order valence-electron chi connectivity index (χ2n) is 4.74. The zero-order valence-electron chi connectivity index (χ0n) is 11.0. The van der Waals surface area contributed by atoms with E-state index in [1.54, 1.807) is 0 Å². The molecule has 0 aliphatic heterocycles. The van der Waals surface area contributed by atoms with Gasteiger partial charge in [-0.2, -0.15) is 0 Å². The number of nitrogens with zero attached hydrogens (tertiary/aromatic N) is 1. The molecule has 0 unspecified atom stereocenters. The molecule has 98 valence electrons. The van der Waals surface area contributed by atoms with Gasteiger partial charge in [0.1, 0.15) is 0 Å². The molecule has 3 heteroatoms. The lowest BCUT2D eigenvalue weighted by Gasteiger charge is -2.06. The van der Waals surface area contributed by atoms with Gasteiger partial charge in [0.2, 0.25) is 0 Å². The van der Waals surface area contributed by atoms with Crippen LogP contribution in [0, 0.1) is 6.92 Å². The van der Waals surface area contributed by atoms with Crippen LogP contribution in [0.25, 0.3) is 10.9 Å². The molecule has 0 saturated carbocycles. The average molecular weight is 266 g/mol. The van der Waals surface area contributed by atoms with Gasteiger partial charge in [-0.25, -0.2) is 0 Å². The summed E-state index contributed by atoms with van der Waals surface area (Å²) in [4.78, 5) is 0. The van der Waals surface area contributed by atoms with Crippen LogP contribution in [0.4, 0.5) is 0 Å². The van der Waals surface area contributed by atoms with E-state index in [2.05, 4.69) is 30.7 Å². The average Bonchev–Trinajstić information content (AvgIpc) is 2.70. The first-order chi connectivity index (χ1) is 8.69. The molecular weight excluding hydrogens is 246 g/mol. The lowest BCUT2D eigenvalue weighted by Crippen LogP contribution is -1.96. The van der Waals surface area contributed by atoms with Gasteiger partial charge in [0.25, 0.3) is 0 Å². The minimum Gasteiger partial charge on any atom is -0.396 e. The minimum absolute atomic E-state index is 0.243. The highest BCUT2D eigenvalue weighted by molar-refractivity contribution is 6.32. The highest BCUT2D eigenvalue weighted by Gasteiger charge is 2.11. The number of halogens is 1. The van der Waals surface area contributed by atoms with E-state index in [9.17, 15) is 0 Å². The number of aromatic nitrogens is 1. The first kappa shape index (κ1) is 13.4. The fourth-order valence-corrected chi connectivity index (χ4v) is 2.67. The molecule has 2 nitrogen and oxygen atoms in total. The molecule has 1 aromatic carbocycles. The monoisotopic (exact) mass is 265 g/mol. The number of hydrogen-bond acceptors (Lipinski definition) is 1. The van der Waals surface area contributed by atoms with Gasteiger partial charge in [-0.3, -0.25) is 0 Å². The lowest BCUT2D eigenvalue weighted by atomic mass is 10.1. The van der Waals surface area contributed by atoms with Crippen molar-refractivity contribution in [1.82, 2.24) is 4.57 Å². The van der Waals surface area contributed by atoms with Crippen LogP contribution in [-0.4, -0.2) is 16.3 Å². The molecule has 0 aliphatic rings. The van der Waals surface area contributed by atoms with E-state index in [-0.39, 0.29) is 6.61 Å². The van der Waals surface area contributed by atoms with Gasteiger partial charge in [-0.05, 0) is 43.4 Å². The van der Waals surface area contributed by atoms with Crippen molar-refractivity contribution in [3.63, 3.8) is 0 Å². The van der Waals surface area contributed by atoms with Gasteiger partial charge >= 0.3 is 0 Å². The van der Waals surface area contributed by atoms with Crippen LogP contribution in [-0.2, 0) is 13.0 Å². The molecule has 0 bridgehead atoms. The maximum Gasteiger partial charge on any atom is 0.0527 e. The topological polar surface area (TPSA) is 25.2 Å². The molecule has 1 heterocycles. The highest BCUT2D eigenvalue weighted by Crippen LogP contribution is 2.30. The van der Waals surface area contributed by atoms with Gasteiger partial charge in [-0.15, -0.1) is 0 Å². The Morgan fingerprint density at radius 2 is 2.11 bits per heavy atom. The molecule has 0 fully saturated rings. The molecule has 0 atom stereocenters. The number of hydrogen-bond donors (Lipinski definition) is 1. The molecule has 2 aromatic rings. The van der Waals surface area contributed by atoms with Crippen molar-refractivity contribution < 1.29 is 5.11 Å². The van der Waals surface area contributed by atoms with Crippen LogP contribution < -0.4 is 0 Å². The van der Waals surface area contributed by atoms with E-state index in [4.69, 9.17) is 16.7 Å². The van der Waals surface area contributed by atoms with Gasteiger partial charge in [0, 0.05) is 29.8 Å². The van der Waals surface area contributed by atoms with Crippen LogP contribution in [0.3, 0.4) is 0 Å². The largest absolute Gasteiger partial charge is 0.396 e. The fourth-order valence-electron chi connectivity index (χ4n) is 2.51. The van der Waals surface area contributed by atoms with E-state index in [0.717, 1.165) is 36.4 Å². The maximum atomic E-state index is 8.98. The van der Waals surface area contributed by atoms with E-state index in [1.165, 1.54) is 16.5 Å². The van der Waals surface area contributed by atoms with Gasteiger partial charge < -0.3 is 9.67 Å². The minimum atomic E-state index is 0.243. The first-order valence-electron chi connectivity index (χ1n) is 6.56. The summed E-state index contributed by atoms with van der Waals surface area (Å²) in [6.07, 6.45) is 5.06. The Kier molecular flexibility index (Phi) is 4.31. The predicted molar refractivity (Wildman–Crippen MR) is 77.4 cm³/mol. The standard InChI is InChI=1S/C15H20ClNO/c1-3-8-17-10-12(5-4-9-18)13-6-7-14(16)11(2)15(13)17/h6-7,10,18H,3-5,8-9H2,1-2H3. The summed E-state index contributed by atoms with van der Waals surface area (Å²) in [6, 6.07) is 4.07. The van der Waals surface area contributed by atoms with E-state index in [0.29, 0.717) is 0 Å². The van der Waals surface area contributed by atoms with Crippen LogP contribution in [0.15, 0.2) is 18.3 Å². The van der Waals surface area contributed by atoms with Gasteiger partial charge in [0.05, 0.1) is 5.52 Å². The van der Waals surface area contributed by atoms with E-state index >= 15 is 0 Å². The second-order valence-corrected chi connectivity index (χ2v) is 5.15. The van der Waals surface area contributed by atoms with Crippen molar-refractivity contribution in [2.24, 2.45) is 0 Å². The van der Waals surface area contributed by atoms with Crippen molar-refractivity contribution in [2.75, 3.05) is 6.61 Å². The molecular formula is C15H20ClNO. The van der Waals surface area contributed by atoms with Crippen molar-refractivity contribution in [3.05, 3.63) is 34.5 Å². The van der Waals surface area contributed by atoms with Crippen molar-refractivity contribution in [1.29, 1.82) is 0 Å². The molecule has 0 spiro atoms. The summed E-state index contributed by atoms with van der Waals surface area (Å²) in [5.74, 6) is 0. The van der Waals surface area contributed by atoms with Crippen LogP contribution in [0.1, 0.15) is 30.9 Å². The molecule has 0 aliphatic carbocycles. The van der Waals surface area contributed by atoms with E-state index in [1.807, 2.05) is 6.07 Å². The summed E-state index contributed by atoms with van der Waals surface area (Å²) in [6.45, 7) is 5.51. The Morgan fingerprint density at radius 3 is 2.78 bits per heavy atom. The number of fused-ring (bicyclic) bond motifs is 1. The molecule has 1 aromatic heterocycles. The van der Waals surface area contributed by atoms with Crippen molar-refractivity contribution in [2.45, 2.75) is 39.7 Å². The first-order valence-corrected chi connectivity index (χ1v) is 6.94.